The third-order valence-corrected chi connectivity index (χ3v) is 9.66. The average molecular weight is 774 g/mol. The first kappa shape index (κ1) is 34.1. The summed E-state index contributed by atoms with van der Waals surface area (Å²) in [4.78, 5) is 0. The molecule has 0 unspecified atom stereocenters. The van der Waals surface area contributed by atoms with Crippen molar-refractivity contribution in [2.45, 2.75) is 129 Å². The Morgan fingerprint density at radius 2 is 0.684 bits per heavy atom. The third kappa shape index (κ3) is 13.5. The van der Waals surface area contributed by atoms with E-state index in [9.17, 15) is 0 Å². The number of aryl methyl sites for hydroxylation is 2. The maximum Gasteiger partial charge on any atom is 0.0533 e. The number of halogens is 4. The molecule has 0 saturated carbocycles. The van der Waals surface area contributed by atoms with Gasteiger partial charge in [0.05, 0.1) is 11.1 Å². The van der Waals surface area contributed by atoms with E-state index in [4.69, 9.17) is 0 Å². The number of rotatable bonds is 18. The standard InChI is InChI=1S/C34H46Br4/c1-3-5-7-9-11-13-15-17-19-27-23-31(35)29(32(36)24-27)21-22-30-33(37)25-28(26-34(30)38)20-18-16-14-12-10-8-6-4-2/h23-26H,3-20H2,1-2H3. The molecule has 0 heterocycles. The summed E-state index contributed by atoms with van der Waals surface area (Å²) in [5.74, 6) is 6.81. The molecule has 38 heavy (non-hydrogen) atoms. The van der Waals surface area contributed by atoms with Gasteiger partial charge in [-0.3, -0.25) is 0 Å². The Morgan fingerprint density at radius 1 is 0.421 bits per heavy atom. The molecule has 0 N–H and O–H groups in total. The van der Waals surface area contributed by atoms with Crippen LogP contribution in [-0.4, -0.2) is 0 Å². The molecule has 0 aliphatic heterocycles. The Bertz CT molecular complexity index is 889. The van der Waals surface area contributed by atoms with Crippen LogP contribution in [0.4, 0.5) is 0 Å². The highest BCUT2D eigenvalue weighted by Gasteiger charge is 2.09. The molecule has 0 atom stereocenters. The van der Waals surface area contributed by atoms with Crippen molar-refractivity contribution in [1.29, 1.82) is 0 Å². The summed E-state index contributed by atoms with van der Waals surface area (Å²) >= 11 is 15.1. The maximum atomic E-state index is 3.78. The fourth-order valence-corrected chi connectivity index (χ4v) is 7.79. The minimum Gasteiger partial charge on any atom is -0.0654 e. The Kier molecular flexibility index (Phi) is 18.6. The van der Waals surface area contributed by atoms with Crippen molar-refractivity contribution in [3.05, 3.63) is 64.4 Å². The van der Waals surface area contributed by atoms with Gasteiger partial charge < -0.3 is 0 Å². The van der Waals surface area contributed by atoms with E-state index in [1.807, 2.05) is 0 Å². The highest BCUT2D eigenvalue weighted by atomic mass is 79.9. The van der Waals surface area contributed by atoms with E-state index in [1.54, 1.807) is 0 Å². The summed E-state index contributed by atoms with van der Waals surface area (Å²) in [5.41, 5.74) is 4.75. The van der Waals surface area contributed by atoms with Crippen LogP contribution in [0.1, 0.15) is 139 Å². The highest BCUT2D eigenvalue weighted by Crippen LogP contribution is 2.30. The van der Waals surface area contributed by atoms with Gasteiger partial charge in [0.15, 0.2) is 0 Å². The summed E-state index contributed by atoms with van der Waals surface area (Å²) in [6.07, 6.45) is 23.9. The van der Waals surface area contributed by atoms with E-state index in [0.717, 1.165) is 41.9 Å². The van der Waals surface area contributed by atoms with Crippen LogP contribution in [0, 0.1) is 11.8 Å². The molecule has 0 amide bonds. The fourth-order valence-electron chi connectivity index (χ4n) is 4.83. The average Bonchev–Trinajstić information content (AvgIpc) is 2.88. The maximum absolute atomic E-state index is 3.78. The zero-order chi connectivity index (χ0) is 27.6. The molecule has 0 nitrogen and oxygen atoms in total. The molecular weight excluding hydrogens is 728 g/mol. The molecule has 0 bridgehead atoms. The predicted molar refractivity (Wildman–Crippen MR) is 182 cm³/mol. The lowest BCUT2D eigenvalue weighted by Crippen LogP contribution is -1.92. The fraction of sp³-hybridized carbons (Fsp3) is 0.588. The lowest BCUT2D eigenvalue weighted by molar-refractivity contribution is 0.575. The van der Waals surface area contributed by atoms with Crippen LogP contribution in [0.5, 0.6) is 0 Å². The van der Waals surface area contributed by atoms with Crippen LogP contribution in [0.25, 0.3) is 0 Å². The van der Waals surface area contributed by atoms with Crippen LogP contribution in [-0.2, 0) is 12.8 Å². The highest BCUT2D eigenvalue weighted by molar-refractivity contribution is 9.11. The van der Waals surface area contributed by atoms with Gasteiger partial charge in [-0.15, -0.1) is 0 Å². The van der Waals surface area contributed by atoms with E-state index in [-0.39, 0.29) is 0 Å². The van der Waals surface area contributed by atoms with Gasteiger partial charge in [0, 0.05) is 17.9 Å². The molecule has 2 aromatic carbocycles. The first-order chi connectivity index (χ1) is 18.5. The molecule has 2 aromatic rings. The van der Waals surface area contributed by atoms with E-state index in [2.05, 4.69) is 114 Å². The van der Waals surface area contributed by atoms with Crippen molar-refractivity contribution < 1.29 is 0 Å². The van der Waals surface area contributed by atoms with Crippen molar-refractivity contribution in [1.82, 2.24) is 0 Å². The van der Waals surface area contributed by atoms with Gasteiger partial charge in [-0.2, -0.15) is 0 Å². The second kappa shape index (κ2) is 20.7. The summed E-state index contributed by atoms with van der Waals surface area (Å²) in [7, 11) is 0. The van der Waals surface area contributed by atoms with Crippen LogP contribution in [0.15, 0.2) is 42.2 Å². The van der Waals surface area contributed by atoms with E-state index in [1.165, 1.54) is 114 Å². The summed E-state index contributed by atoms with van der Waals surface area (Å²) in [6, 6.07) is 8.97. The lowest BCUT2D eigenvalue weighted by Gasteiger charge is -2.08. The van der Waals surface area contributed by atoms with E-state index in [0.29, 0.717) is 0 Å². The molecule has 210 valence electrons. The number of benzene rings is 2. The summed E-state index contributed by atoms with van der Waals surface area (Å²) in [6.45, 7) is 4.56. The molecule has 0 fully saturated rings. The van der Waals surface area contributed by atoms with Crippen LogP contribution in [0.3, 0.4) is 0 Å². The van der Waals surface area contributed by atoms with Gasteiger partial charge in [0.2, 0.25) is 0 Å². The van der Waals surface area contributed by atoms with Gasteiger partial charge in [-0.05, 0) is 125 Å². The van der Waals surface area contributed by atoms with Crippen molar-refractivity contribution in [2.75, 3.05) is 0 Å². The summed E-state index contributed by atoms with van der Waals surface area (Å²) in [5, 5.41) is 0. The second-order valence-electron chi connectivity index (χ2n) is 10.6. The van der Waals surface area contributed by atoms with E-state index < -0.39 is 0 Å². The van der Waals surface area contributed by atoms with Crippen LogP contribution >= 0.6 is 63.7 Å². The van der Waals surface area contributed by atoms with Gasteiger partial charge in [-0.1, -0.05) is 116 Å². The van der Waals surface area contributed by atoms with E-state index >= 15 is 0 Å². The molecule has 0 spiro atoms. The van der Waals surface area contributed by atoms with Crippen molar-refractivity contribution in [3.8, 4) is 11.8 Å². The minimum atomic E-state index is 1.01. The number of hydrogen-bond donors (Lipinski definition) is 0. The SMILES string of the molecule is CCCCCCCCCCc1cc(Br)c(C#Cc2c(Br)cc(CCCCCCCCCC)cc2Br)c(Br)c1. The predicted octanol–water partition coefficient (Wildman–Crippen LogP) is 13.5. The molecule has 2 rings (SSSR count). The normalized spacial score (nSPS) is 11.0. The van der Waals surface area contributed by atoms with Crippen molar-refractivity contribution >= 4 is 63.7 Å². The number of unbranched alkanes of at least 4 members (excludes halogenated alkanes) is 14. The van der Waals surface area contributed by atoms with Crippen molar-refractivity contribution in [3.63, 3.8) is 0 Å². The van der Waals surface area contributed by atoms with Gasteiger partial charge >= 0.3 is 0 Å². The Morgan fingerprint density at radius 3 is 0.974 bits per heavy atom. The molecule has 0 aliphatic rings. The quantitative estimate of drug-likeness (QED) is 0.105. The third-order valence-electron chi connectivity index (χ3n) is 7.15. The summed E-state index contributed by atoms with van der Waals surface area (Å²) < 4.78 is 4.25. The van der Waals surface area contributed by atoms with Crippen LogP contribution in [0.2, 0.25) is 0 Å². The second-order valence-corrected chi connectivity index (χ2v) is 14.0. The van der Waals surface area contributed by atoms with Crippen molar-refractivity contribution in [2.24, 2.45) is 0 Å². The first-order valence-corrected chi connectivity index (χ1v) is 18.1. The zero-order valence-electron chi connectivity index (χ0n) is 23.5. The molecule has 0 radical (unpaired) electrons. The monoisotopic (exact) mass is 770 g/mol. The van der Waals surface area contributed by atoms with Crippen LogP contribution < -0.4 is 0 Å². The minimum absolute atomic E-state index is 1.01. The number of hydrogen-bond acceptors (Lipinski definition) is 0. The Hall–Kier alpha value is -0.0800. The van der Waals surface area contributed by atoms with Gasteiger partial charge in [0.25, 0.3) is 0 Å². The Labute approximate surface area is 267 Å². The molecule has 0 saturated heterocycles. The largest absolute Gasteiger partial charge is 0.0654 e. The topological polar surface area (TPSA) is 0 Å². The smallest absolute Gasteiger partial charge is 0.0533 e. The molecular formula is C34H46Br4. The zero-order valence-corrected chi connectivity index (χ0v) is 29.9. The molecule has 0 aromatic heterocycles. The molecule has 4 heteroatoms. The molecule has 0 aliphatic carbocycles. The lowest BCUT2D eigenvalue weighted by atomic mass is 10.0. The Balaban J connectivity index is 1.88. The first-order valence-electron chi connectivity index (χ1n) is 14.9. The van der Waals surface area contributed by atoms with Gasteiger partial charge in [0.1, 0.15) is 0 Å². The van der Waals surface area contributed by atoms with Gasteiger partial charge in [-0.25, -0.2) is 0 Å².